The third kappa shape index (κ3) is 7.29. The standard InChI is InChI=1S/C29H22BrClN2O4/c1-19-6-8-20(9-7-19)18-36-24-13-10-21(11-14-24)28(34)33-32-17-22-16-23(30)12-15-27(22)37-29(35)25-4-2-3-5-26(25)31/h2-17H,18H2,1H3,(H,33,34). The lowest BCUT2D eigenvalue weighted by Gasteiger charge is -2.09. The van der Waals surface area contributed by atoms with Gasteiger partial charge in [-0.15, -0.1) is 0 Å². The number of aryl methyl sites for hydroxylation is 1. The van der Waals surface area contributed by atoms with E-state index in [9.17, 15) is 9.59 Å². The lowest BCUT2D eigenvalue weighted by atomic mass is 10.2. The van der Waals surface area contributed by atoms with E-state index < -0.39 is 11.9 Å². The van der Waals surface area contributed by atoms with Gasteiger partial charge in [-0.05, 0) is 67.1 Å². The third-order valence-corrected chi connectivity index (χ3v) is 6.10. The van der Waals surface area contributed by atoms with Crippen LogP contribution in [0, 0.1) is 6.92 Å². The summed E-state index contributed by atoms with van der Waals surface area (Å²) >= 11 is 9.49. The molecule has 0 aliphatic rings. The fourth-order valence-electron chi connectivity index (χ4n) is 3.27. The lowest BCUT2D eigenvalue weighted by molar-refractivity contribution is 0.0734. The van der Waals surface area contributed by atoms with Gasteiger partial charge in [-0.2, -0.15) is 5.10 Å². The number of ether oxygens (including phenoxy) is 2. The van der Waals surface area contributed by atoms with Crippen LogP contribution in [0.15, 0.2) is 101 Å². The molecule has 0 radical (unpaired) electrons. The van der Waals surface area contributed by atoms with Gasteiger partial charge in [0.2, 0.25) is 0 Å². The predicted octanol–water partition coefficient (Wildman–Crippen LogP) is 6.97. The van der Waals surface area contributed by atoms with Crippen molar-refractivity contribution in [2.45, 2.75) is 13.5 Å². The van der Waals surface area contributed by atoms with Crippen molar-refractivity contribution in [1.29, 1.82) is 0 Å². The molecule has 4 rings (SSSR count). The summed E-state index contributed by atoms with van der Waals surface area (Å²) in [5.41, 5.74) is 5.88. The minimum atomic E-state index is -0.601. The zero-order valence-electron chi connectivity index (χ0n) is 19.8. The Bertz CT molecular complexity index is 1440. The number of esters is 1. The van der Waals surface area contributed by atoms with E-state index in [-0.39, 0.29) is 11.3 Å². The molecule has 186 valence electrons. The number of benzene rings is 4. The summed E-state index contributed by atoms with van der Waals surface area (Å²) < 4.78 is 12.1. The van der Waals surface area contributed by atoms with Crippen LogP contribution < -0.4 is 14.9 Å². The zero-order valence-corrected chi connectivity index (χ0v) is 22.1. The van der Waals surface area contributed by atoms with E-state index in [1.54, 1.807) is 66.7 Å². The van der Waals surface area contributed by atoms with Gasteiger partial charge in [0.05, 0.1) is 16.8 Å². The minimum absolute atomic E-state index is 0.245. The summed E-state index contributed by atoms with van der Waals surface area (Å²) in [6.07, 6.45) is 1.40. The van der Waals surface area contributed by atoms with Crippen LogP contribution in [0.5, 0.6) is 11.5 Å². The number of rotatable bonds is 8. The van der Waals surface area contributed by atoms with E-state index in [2.05, 4.69) is 26.5 Å². The minimum Gasteiger partial charge on any atom is -0.489 e. The molecule has 0 bridgehead atoms. The third-order valence-electron chi connectivity index (χ3n) is 5.28. The maximum Gasteiger partial charge on any atom is 0.345 e. The molecule has 4 aromatic carbocycles. The molecule has 1 amide bonds. The molecule has 0 spiro atoms. The molecular formula is C29H22BrClN2O4. The SMILES string of the molecule is Cc1ccc(COc2ccc(C(=O)NN=Cc3cc(Br)ccc3OC(=O)c3ccccc3Cl)cc2)cc1. The van der Waals surface area contributed by atoms with Crippen LogP contribution in [-0.2, 0) is 6.61 Å². The molecular weight excluding hydrogens is 556 g/mol. The Morgan fingerprint density at radius 3 is 2.43 bits per heavy atom. The van der Waals surface area contributed by atoms with Gasteiger partial charge in [0.25, 0.3) is 5.91 Å². The van der Waals surface area contributed by atoms with E-state index in [0.717, 1.165) is 10.0 Å². The largest absolute Gasteiger partial charge is 0.489 e. The Morgan fingerprint density at radius 1 is 0.973 bits per heavy atom. The number of amides is 1. The van der Waals surface area contributed by atoms with Gasteiger partial charge in [-0.3, -0.25) is 4.79 Å². The molecule has 0 fully saturated rings. The van der Waals surface area contributed by atoms with Crippen molar-refractivity contribution in [3.8, 4) is 11.5 Å². The monoisotopic (exact) mass is 576 g/mol. The highest BCUT2D eigenvalue weighted by Gasteiger charge is 2.14. The maximum absolute atomic E-state index is 12.6. The molecule has 1 N–H and O–H groups in total. The Hall–Kier alpha value is -3.94. The number of hydrogen-bond donors (Lipinski definition) is 1. The van der Waals surface area contributed by atoms with Gasteiger partial charge < -0.3 is 9.47 Å². The number of nitrogens with zero attached hydrogens (tertiary/aromatic N) is 1. The first-order valence-corrected chi connectivity index (χ1v) is 12.4. The molecule has 37 heavy (non-hydrogen) atoms. The van der Waals surface area contributed by atoms with E-state index >= 15 is 0 Å². The zero-order chi connectivity index (χ0) is 26.2. The summed E-state index contributed by atoms with van der Waals surface area (Å²) in [7, 11) is 0. The molecule has 0 atom stereocenters. The smallest absolute Gasteiger partial charge is 0.345 e. The number of hydrogen-bond acceptors (Lipinski definition) is 5. The predicted molar refractivity (Wildman–Crippen MR) is 148 cm³/mol. The average Bonchev–Trinajstić information content (AvgIpc) is 2.90. The van der Waals surface area contributed by atoms with Gasteiger partial charge in [0.1, 0.15) is 18.1 Å². The highest BCUT2D eigenvalue weighted by atomic mass is 79.9. The van der Waals surface area contributed by atoms with Gasteiger partial charge in [0.15, 0.2) is 0 Å². The first-order valence-electron chi connectivity index (χ1n) is 11.3. The molecule has 4 aromatic rings. The van der Waals surface area contributed by atoms with E-state index in [1.165, 1.54) is 11.8 Å². The van der Waals surface area contributed by atoms with Crippen molar-refractivity contribution in [2.75, 3.05) is 0 Å². The van der Waals surface area contributed by atoms with Crippen LogP contribution >= 0.6 is 27.5 Å². The van der Waals surface area contributed by atoms with Crippen molar-refractivity contribution in [3.05, 3.63) is 128 Å². The van der Waals surface area contributed by atoms with Crippen molar-refractivity contribution >= 4 is 45.6 Å². The van der Waals surface area contributed by atoms with Crippen LogP contribution in [0.2, 0.25) is 5.02 Å². The summed E-state index contributed by atoms with van der Waals surface area (Å²) in [4.78, 5) is 25.1. The molecule has 6 nitrogen and oxygen atoms in total. The van der Waals surface area contributed by atoms with E-state index in [0.29, 0.717) is 28.5 Å². The second-order valence-electron chi connectivity index (χ2n) is 8.05. The van der Waals surface area contributed by atoms with Crippen molar-refractivity contribution in [2.24, 2.45) is 5.10 Å². The second kappa shape index (κ2) is 12.3. The Balaban J connectivity index is 1.37. The van der Waals surface area contributed by atoms with E-state index in [1.807, 2.05) is 31.2 Å². The number of nitrogens with one attached hydrogen (secondary N) is 1. The van der Waals surface area contributed by atoms with Crippen LogP contribution in [-0.4, -0.2) is 18.1 Å². The fraction of sp³-hybridized carbons (Fsp3) is 0.0690. The van der Waals surface area contributed by atoms with Crippen LogP contribution in [0.4, 0.5) is 0 Å². The molecule has 0 unspecified atom stereocenters. The first kappa shape index (κ1) is 26.1. The molecule has 0 heterocycles. The number of carbonyl (C=O) groups is 2. The summed E-state index contributed by atoms with van der Waals surface area (Å²) in [5.74, 6) is -0.0804. The van der Waals surface area contributed by atoms with Crippen molar-refractivity contribution < 1.29 is 19.1 Å². The topological polar surface area (TPSA) is 77.0 Å². The van der Waals surface area contributed by atoms with Crippen LogP contribution in [0.1, 0.15) is 37.4 Å². The first-order chi connectivity index (χ1) is 17.9. The Kier molecular flexibility index (Phi) is 8.72. The number of carbonyl (C=O) groups excluding carboxylic acids is 2. The van der Waals surface area contributed by atoms with Crippen molar-refractivity contribution in [1.82, 2.24) is 5.43 Å². The van der Waals surface area contributed by atoms with Gasteiger partial charge in [0, 0.05) is 15.6 Å². The Labute approximate surface area is 228 Å². The van der Waals surface area contributed by atoms with Crippen molar-refractivity contribution in [3.63, 3.8) is 0 Å². The van der Waals surface area contributed by atoms with Gasteiger partial charge in [-0.1, -0.05) is 69.5 Å². The summed E-state index contributed by atoms with van der Waals surface area (Å²) in [5, 5.41) is 4.32. The quantitative estimate of drug-likeness (QED) is 0.106. The number of hydrazone groups is 1. The Morgan fingerprint density at radius 2 is 1.70 bits per heavy atom. The average molecular weight is 578 g/mol. The molecule has 8 heteroatoms. The maximum atomic E-state index is 12.6. The fourth-order valence-corrected chi connectivity index (χ4v) is 3.86. The lowest BCUT2D eigenvalue weighted by Crippen LogP contribution is -2.17. The normalized spacial score (nSPS) is 10.8. The highest BCUT2D eigenvalue weighted by molar-refractivity contribution is 9.10. The van der Waals surface area contributed by atoms with E-state index in [4.69, 9.17) is 21.1 Å². The van der Waals surface area contributed by atoms with Gasteiger partial charge >= 0.3 is 5.97 Å². The van der Waals surface area contributed by atoms with Gasteiger partial charge in [-0.25, -0.2) is 10.2 Å². The molecule has 0 aliphatic carbocycles. The summed E-state index contributed by atoms with van der Waals surface area (Å²) in [6.45, 7) is 2.47. The molecule has 0 aromatic heterocycles. The molecule has 0 aliphatic heterocycles. The summed E-state index contributed by atoms with van der Waals surface area (Å²) in [6, 6.07) is 26.6. The molecule has 0 saturated heterocycles. The number of halogens is 2. The van der Waals surface area contributed by atoms with Crippen LogP contribution in [0.3, 0.4) is 0 Å². The highest BCUT2D eigenvalue weighted by Crippen LogP contribution is 2.24. The second-order valence-corrected chi connectivity index (χ2v) is 9.37. The molecule has 0 saturated carbocycles. The van der Waals surface area contributed by atoms with Crippen LogP contribution in [0.25, 0.3) is 0 Å².